The third-order valence-electron chi connectivity index (χ3n) is 5.88. The van der Waals surface area contributed by atoms with Gasteiger partial charge in [-0.25, -0.2) is 0 Å². The summed E-state index contributed by atoms with van der Waals surface area (Å²) in [7, 11) is 1.91. The fourth-order valence-electron chi connectivity index (χ4n) is 4.12. The summed E-state index contributed by atoms with van der Waals surface area (Å²) in [5.41, 5.74) is 1.47. The van der Waals surface area contributed by atoms with Crippen LogP contribution in [0.2, 0.25) is 0 Å². The van der Waals surface area contributed by atoms with Crippen molar-refractivity contribution in [2.45, 2.75) is 31.7 Å². The van der Waals surface area contributed by atoms with Crippen LogP contribution in [0.4, 0.5) is 0 Å². The molecule has 2 aliphatic rings. The molecule has 2 aromatic heterocycles. The number of aromatic nitrogens is 1. The highest BCUT2D eigenvalue weighted by Gasteiger charge is 2.49. The minimum absolute atomic E-state index is 0.00146. The van der Waals surface area contributed by atoms with Gasteiger partial charge < -0.3 is 19.2 Å². The lowest BCUT2D eigenvalue weighted by molar-refractivity contribution is -0.00233. The van der Waals surface area contributed by atoms with E-state index in [2.05, 4.69) is 5.32 Å². The van der Waals surface area contributed by atoms with Crippen molar-refractivity contribution < 1.29 is 14.0 Å². The van der Waals surface area contributed by atoms with Crippen molar-refractivity contribution in [3.05, 3.63) is 48.2 Å². The Morgan fingerprint density at radius 3 is 2.56 bits per heavy atom. The van der Waals surface area contributed by atoms with Crippen molar-refractivity contribution in [2.24, 2.45) is 12.5 Å². The van der Waals surface area contributed by atoms with Crippen molar-refractivity contribution in [1.29, 1.82) is 0 Å². The Kier molecular flexibility index (Phi) is 3.90. The summed E-state index contributed by atoms with van der Waals surface area (Å²) in [5.74, 6) is 0.0365. The Morgan fingerprint density at radius 2 is 2.00 bits per heavy atom. The van der Waals surface area contributed by atoms with Gasteiger partial charge in [-0.3, -0.25) is 9.59 Å². The Hall–Kier alpha value is -2.50. The summed E-state index contributed by atoms with van der Waals surface area (Å²) in [6.07, 6.45) is 10.8. The number of furan rings is 1. The minimum Gasteiger partial charge on any atom is -0.472 e. The molecule has 6 nitrogen and oxygen atoms in total. The number of carbonyl (C=O) groups is 2. The van der Waals surface area contributed by atoms with Gasteiger partial charge in [0.15, 0.2) is 0 Å². The lowest BCUT2D eigenvalue weighted by Crippen LogP contribution is -2.59. The molecule has 2 aromatic rings. The van der Waals surface area contributed by atoms with Gasteiger partial charge in [0, 0.05) is 38.6 Å². The highest BCUT2D eigenvalue weighted by Crippen LogP contribution is 2.49. The first-order valence-corrected chi connectivity index (χ1v) is 8.82. The fourth-order valence-corrected chi connectivity index (χ4v) is 4.12. The summed E-state index contributed by atoms with van der Waals surface area (Å²) in [4.78, 5) is 26.7. The molecule has 2 fully saturated rings. The van der Waals surface area contributed by atoms with E-state index in [9.17, 15) is 9.59 Å². The zero-order valence-electron chi connectivity index (χ0n) is 14.4. The van der Waals surface area contributed by atoms with E-state index in [0.29, 0.717) is 11.1 Å². The van der Waals surface area contributed by atoms with Crippen molar-refractivity contribution in [3.63, 3.8) is 0 Å². The number of hydrogen-bond acceptors (Lipinski definition) is 3. The number of piperidine rings is 1. The molecule has 1 N–H and O–H groups in total. The molecule has 1 spiro atoms. The number of likely N-dealkylation sites (tertiary alicyclic amines) is 1. The van der Waals surface area contributed by atoms with E-state index in [-0.39, 0.29) is 23.3 Å². The third kappa shape index (κ3) is 2.86. The molecule has 1 unspecified atom stereocenters. The molecule has 132 valence electrons. The molecule has 1 aliphatic heterocycles. The van der Waals surface area contributed by atoms with Crippen LogP contribution >= 0.6 is 0 Å². The number of aryl methyl sites for hydroxylation is 1. The van der Waals surface area contributed by atoms with E-state index >= 15 is 0 Å². The van der Waals surface area contributed by atoms with Crippen LogP contribution in [-0.4, -0.2) is 40.4 Å². The fraction of sp³-hybridized carbons (Fsp3) is 0.474. The predicted molar refractivity (Wildman–Crippen MR) is 92.2 cm³/mol. The topological polar surface area (TPSA) is 67.5 Å². The molecular weight excluding hydrogens is 318 g/mol. The van der Waals surface area contributed by atoms with Crippen LogP contribution in [0.25, 0.3) is 0 Å². The van der Waals surface area contributed by atoms with Crippen LogP contribution in [0, 0.1) is 5.41 Å². The van der Waals surface area contributed by atoms with E-state index in [1.165, 1.54) is 12.5 Å². The first-order chi connectivity index (χ1) is 12.1. The maximum absolute atomic E-state index is 12.4. The number of carbonyl (C=O) groups excluding carboxylic acids is 2. The van der Waals surface area contributed by atoms with E-state index < -0.39 is 0 Å². The summed E-state index contributed by atoms with van der Waals surface area (Å²) in [6, 6.07) is 3.76. The average molecular weight is 341 g/mol. The predicted octanol–water partition coefficient (Wildman–Crippen LogP) is 2.43. The smallest absolute Gasteiger partial charge is 0.257 e. The van der Waals surface area contributed by atoms with E-state index in [1.807, 2.05) is 35.0 Å². The molecule has 1 saturated heterocycles. The lowest BCUT2D eigenvalue weighted by Gasteiger charge is -2.54. The molecular formula is C19H23N3O3. The van der Waals surface area contributed by atoms with E-state index in [1.54, 1.807) is 6.07 Å². The van der Waals surface area contributed by atoms with Gasteiger partial charge in [0.05, 0.1) is 17.4 Å². The van der Waals surface area contributed by atoms with Crippen molar-refractivity contribution in [3.8, 4) is 0 Å². The maximum atomic E-state index is 12.4. The molecule has 0 bridgehead atoms. The lowest BCUT2D eigenvalue weighted by atomic mass is 9.59. The Labute approximate surface area is 146 Å². The molecule has 3 heterocycles. The number of amides is 2. The van der Waals surface area contributed by atoms with Crippen LogP contribution in [0.1, 0.15) is 46.4 Å². The first-order valence-electron chi connectivity index (χ1n) is 8.82. The second kappa shape index (κ2) is 6.10. The van der Waals surface area contributed by atoms with Crippen molar-refractivity contribution in [1.82, 2.24) is 14.8 Å². The minimum atomic E-state index is 0.00146. The summed E-state index contributed by atoms with van der Waals surface area (Å²) in [6.45, 7) is 1.48. The molecule has 0 radical (unpaired) electrons. The molecule has 1 saturated carbocycles. The average Bonchev–Trinajstić information content (AvgIpc) is 3.30. The second-order valence-electron chi connectivity index (χ2n) is 7.30. The summed E-state index contributed by atoms with van der Waals surface area (Å²) in [5, 5.41) is 3.21. The Bertz CT molecular complexity index is 770. The number of hydrogen-bond donors (Lipinski definition) is 1. The van der Waals surface area contributed by atoms with Crippen molar-refractivity contribution in [2.75, 3.05) is 13.1 Å². The molecule has 4 rings (SSSR count). The largest absolute Gasteiger partial charge is 0.472 e. The van der Waals surface area contributed by atoms with Crippen molar-refractivity contribution >= 4 is 11.8 Å². The second-order valence-corrected chi connectivity index (χ2v) is 7.30. The summed E-state index contributed by atoms with van der Waals surface area (Å²) < 4.78 is 6.89. The highest BCUT2D eigenvalue weighted by atomic mass is 16.3. The quantitative estimate of drug-likeness (QED) is 0.932. The standard InChI is InChI=1S/C19H23N3O3/c1-21-8-3-14(12-21)17(23)20-16-2-5-19(16)6-9-22(10-7-19)18(24)15-4-11-25-13-15/h3-4,8,11-13,16H,2,5-7,9-10H2,1H3,(H,20,23). The van der Waals surface area contributed by atoms with Crippen LogP contribution in [0.3, 0.4) is 0 Å². The van der Waals surface area contributed by atoms with Gasteiger partial charge in [-0.2, -0.15) is 0 Å². The maximum Gasteiger partial charge on any atom is 0.257 e. The number of nitrogens with zero attached hydrogens (tertiary/aromatic N) is 2. The monoisotopic (exact) mass is 341 g/mol. The molecule has 1 aliphatic carbocycles. The van der Waals surface area contributed by atoms with Crippen LogP contribution in [0.15, 0.2) is 41.5 Å². The van der Waals surface area contributed by atoms with Crippen LogP contribution < -0.4 is 5.32 Å². The van der Waals surface area contributed by atoms with Gasteiger partial charge in [0.2, 0.25) is 0 Å². The first kappa shape index (κ1) is 16.0. The van der Waals surface area contributed by atoms with Gasteiger partial charge in [-0.1, -0.05) is 0 Å². The van der Waals surface area contributed by atoms with E-state index in [4.69, 9.17) is 4.42 Å². The molecule has 1 atom stereocenters. The van der Waals surface area contributed by atoms with Gasteiger partial charge in [0.25, 0.3) is 11.8 Å². The Morgan fingerprint density at radius 1 is 1.20 bits per heavy atom. The van der Waals surface area contributed by atoms with E-state index in [0.717, 1.165) is 38.8 Å². The molecule has 2 amide bonds. The SMILES string of the molecule is Cn1ccc(C(=O)NC2CCC23CCN(C(=O)c2ccoc2)CC3)c1. The molecule has 6 heteroatoms. The third-order valence-corrected chi connectivity index (χ3v) is 5.88. The van der Waals surface area contributed by atoms with Gasteiger partial charge in [0.1, 0.15) is 6.26 Å². The number of rotatable bonds is 3. The van der Waals surface area contributed by atoms with Gasteiger partial charge in [-0.15, -0.1) is 0 Å². The van der Waals surface area contributed by atoms with Crippen LogP contribution in [0.5, 0.6) is 0 Å². The normalized spacial score (nSPS) is 21.8. The van der Waals surface area contributed by atoms with Crippen LogP contribution in [-0.2, 0) is 7.05 Å². The van der Waals surface area contributed by atoms with Gasteiger partial charge >= 0.3 is 0 Å². The highest BCUT2D eigenvalue weighted by molar-refractivity contribution is 5.94. The zero-order valence-corrected chi connectivity index (χ0v) is 14.4. The molecule has 0 aromatic carbocycles. The zero-order chi connectivity index (χ0) is 17.4. The number of nitrogens with one attached hydrogen (secondary N) is 1. The molecule has 25 heavy (non-hydrogen) atoms. The van der Waals surface area contributed by atoms with Gasteiger partial charge in [-0.05, 0) is 43.2 Å². The Balaban J connectivity index is 1.36. The summed E-state index contributed by atoms with van der Waals surface area (Å²) >= 11 is 0.